The third-order valence-corrected chi connectivity index (χ3v) is 5.25. The summed E-state index contributed by atoms with van der Waals surface area (Å²) >= 11 is 0. The Morgan fingerprint density at radius 3 is 2.11 bits per heavy atom. The summed E-state index contributed by atoms with van der Waals surface area (Å²) in [4.78, 5) is 60.0. The van der Waals surface area contributed by atoms with Crippen LogP contribution < -0.4 is 14.5 Å². The Kier molecular flexibility index (Phi) is 9.08. The van der Waals surface area contributed by atoms with Crippen molar-refractivity contribution >= 4 is 35.5 Å². The van der Waals surface area contributed by atoms with Gasteiger partial charge in [-0.15, -0.1) is 0 Å². The Morgan fingerprint density at radius 2 is 1.53 bits per heavy atom. The van der Waals surface area contributed by atoms with E-state index in [-0.39, 0.29) is 16.5 Å². The van der Waals surface area contributed by atoms with Crippen LogP contribution in [0, 0.1) is 0 Å². The zero-order valence-corrected chi connectivity index (χ0v) is 21.1. The second-order valence-electron chi connectivity index (χ2n) is 8.14. The van der Waals surface area contributed by atoms with Crippen molar-refractivity contribution in [2.45, 2.75) is 64.7 Å². The number of rotatable bonds is 8. The first kappa shape index (κ1) is 28.6. The fourth-order valence-electron chi connectivity index (χ4n) is 3.78. The molecule has 208 valence electrons. The average molecular weight is 541 g/mol. The van der Waals surface area contributed by atoms with Gasteiger partial charge in [-0.2, -0.15) is 5.06 Å². The van der Waals surface area contributed by atoms with Gasteiger partial charge in [-0.05, 0) is 12.1 Å². The van der Waals surface area contributed by atoms with E-state index in [0.29, 0.717) is 5.75 Å². The molecule has 0 aromatic heterocycles. The highest BCUT2D eigenvalue weighted by molar-refractivity contribution is 5.97. The van der Waals surface area contributed by atoms with E-state index in [1.54, 1.807) is 0 Å². The van der Waals surface area contributed by atoms with Crippen molar-refractivity contribution in [1.82, 2.24) is 0 Å². The number of nitrogens with zero attached hydrogens (tertiary/aromatic N) is 1. The monoisotopic (exact) mass is 541 g/mol. The van der Waals surface area contributed by atoms with Crippen LogP contribution in [0.25, 0.3) is 0 Å². The first-order valence-electron chi connectivity index (χ1n) is 11.2. The predicted octanol–water partition coefficient (Wildman–Crippen LogP) is 0.236. The van der Waals surface area contributed by atoms with Gasteiger partial charge in [-0.1, -0.05) is 0 Å². The lowest BCUT2D eigenvalue weighted by Crippen LogP contribution is -2.64. The van der Waals surface area contributed by atoms with Crippen LogP contribution in [0.4, 0.5) is 5.69 Å². The van der Waals surface area contributed by atoms with E-state index < -0.39 is 73.4 Å². The predicted molar refractivity (Wildman–Crippen MR) is 120 cm³/mol. The normalized spacial score (nSPS) is 26.4. The van der Waals surface area contributed by atoms with Gasteiger partial charge in [0.05, 0.1) is 7.11 Å². The van der Waals surface area contributed by atoms with E-state index in [1.807, 2.05) is 0 Å². The number of ether oxygens (including phenoxy) is 8. The Labute approximate surface area is 216 Å². The molecule has 1 aromatic carbocycles. The molecule has 2 aliphatic heterocycles. The molecule has 15 nitrogen and oxygen atoms in total. The van der Waals surface area contributed by atoms with Crippen molar-refractivity contribution in [2.24, 2.45) is 0 Å². The molecule has 1 N–H and O–H groups in total. The Morgan fingerprint density at radius 1 is 0.921 bits per heavy atom. The second-order valence-corrected chi connectivity index (χ2v) is 8.14. The molecular weight excluding hydrogens is 514 g/mol. The summed E-state index contributed by atoms with van der Waals surface area (Å²) in [6.07, 6.45) is -9.38. The molecule has 2 aliphatic rings. The number of esters is 4. The van der Waals surface area contributed by atoms with Gasteiger partial charge in [0, 0.05) is 33.8 Å². The molecule has 0 spiro atoms. The number of hydroxylamine groups is 1. The van der Waals surface area contributed by atoms with Crippen LogP contribution in [0.15, 0.2) is 18.2 Å². The zero-order valence-electron chi connectivity index (χ0n) is 21.1. The van der Waals surface area contributed by atoms with Crippen molar-refractivity contribution in [3.8, 4) is 11.5 Å². The third-order valence-electron chi connectivity index (χ3n) is 5.25. The number of benzene rings is 1. The Hall–Kier alpha value is -3.95. The number of carbonyl (C=O) groups excluding carboxylic acids is 5. The fourth-order valence-corrected chi connectivity index (χ4v) is 3.78. The van der Waals surface area contributed by atoms with Crippen molar-refractivity contribution in [1.29, 1.82) is 0 Å². The van der Waals surface area contributed by atoms with Crippen LogP contribution in [-0.2, 0) is 52.4 Å². The van der Waals surface area contributed by atoms with E-state index in [9.17, 15) is 29.2 Å². The van der Waals surface area contributed by atoms with Gasteiger partial charge in [0.1, 0.15) is 24.1 Å². The molecule has 1 saturated heterocycles. The molecular formula is C23H27NO14. The minimum absolute atomic E-state index is 0.00193. The number of methoxy groups -OCH3 is 1. The summed E-state index contributed by atoms with van der Waals surface area (Å²) in [5.74, 6) is -3.94. The topological polar surface area (TPSA) is 183 Å². The molecule has 1 fully saturated rings. The van der Waals surface area contributed by atoms with Gasteiger partial charge < -0.3 is 37.9 Å². The number of fused-ring (bicyclic) bond motifs is 1. The molecule has 1 amide bonds. The van der Waals surface area contributed by atoms with Gasteiger partial charge in [0.15, 0.2) is 24.1 Å². The number of amides is 1. The molecule has 38 heavy (non-hydrogen) atoms. The largest absolute Gasteiger partial charge is 0.497 e. The molecule has 0 bridgehead atoms. The number of anilines is 1. The van der Waals surface area contributed by atoms with Crippen LogP contribution in [0.3, 0.4) is 0 Å². The summed E-state index contributed by atoms with van der Waals surface area (Å²) in [5.41, 5.74) is -0.00260. The Bertz CT molecular complexity index is 1090. The molecule has 0 aliphatic carbocycles. The number of hydrogen-bond acceptors (Lipinski definition) is 14. The van der Waals surface area contributed by atoms with E-state index >= 15 is 0 Å². The van der Waals surface area contributed by atoms with Crippen molar-refractivity contribution in [3.05, 3.63) is 18.2 Å². The fraction of sp³-hybridized carbons (Fsp3) is 0.522. The number of hydrogen-bond donors (Lipinski definition) is 1. The third kappa shape index (κ3) is 6.67. The molecule has 6 atom stereocenters. The standard InChI is InChI=1S/C23H27NO14/c1-10(25)32-9-17-18(33-11(2)26)19(34-12(3)27)20(35-13(4)28)22(37-17)38-23-21(29)24(30)15-7-6-14(31-5)8-16(15)36-23/h6-8,17-20,22-23,30H,9H2,1-5H3/t17-,18-,19+,20-,22+,23-/m1/s1. The summed E-state index contributed by atoms with van der Waals surface area (Å²) in [6, 6.07) is 4.24. The average Bonchev–Trinajstić information content (AvgIpc) is 2.83. The first-order chi connectivity index (χ1) is 17.9. The van der Waals surface area contributed by atoms with Gasteiger partial charge in [-0.25, -0.2) is 0 Å². The molecule has 0 saturated carbocycles. The summed E-state index contributed by atoms with van der Waals surface area (Å²) in [7, 11) is 1.40. The van der Waals surface area contributed by atoms with Gasteiger partial charge in [0.25, 0.3) is 6.29 Å². The minimum Gasteiger partial charge on any atom is -0.497 e. The molecule has 1 aromatic rings. The van der Waals surface area contributed by atoms with Gasteiger partial charge in [-0.3, -0.25) is 29.2 Å². The van der Waals surface area contributed by atoms with Crippen molar-refractivity contribution < 1.29 is 67.1 Å². The van der Waals surface area contributed by atoms with Crippen molar-refractivity contribution in [3.63, 3.8) is 0 Å². The molecule has 15 heteroatoms. The maximum absolute atomic E-state index is 12.8. The van der Waals surface area contributed by atoms with E-state index in [1.165, 1.54) is 25.3 Å². The number of carbonyl (C=O) groups is 5. The highest BCUT2D eigenvalue weighted by Crippen LogP contribution is 2.38. The van der Waals surface area contributed by atoms with E-state index in [2.05, 4.69) is 0 Å². The zero-order chi connectivity index (χ0) is 28.1. The smallest absolute Gasteiger partial charge is 0.320 e. The van der Waals surface area contributed by atoms with Crippen LogP contribution in [0.1, 0.15) is 27.7 Å². The van der Waals surface area contributed by atoms with Crippen LogP contribution in [0.2, 0.25) is 0 Å². The summed E-state index contributed by atoms with van der Waals surface area (Å²) < 4.78 is 43.1. The van der Waals surface area contributed by atoms with E-state index in [0.717, 1.165) is 27.7 Å². The molecule has 0 unspecified atom stereocenters. The lowest BCUT2D eigenvalue weighted by molar-refractivity contribution is -0.327. The van der Waals surface area contributed by atoms with Gasteiger partial charge >= 0.3 is 29.8 Å². The van der Waals surface area contributed by atoms with E-state index in [4.69, 9.17) is 37.9 Å². The second kappa shape index (κ2) is 12.1. The highest BCUT2D eigenvalue weighted by Gasteiger charge is 2.54. The lowest BCUT2D eigenvalue weighted by Gasteiger charge is -2.44. The van der Waals surface area contributed by atoms with Crippen LogP contribution in [-0.4, -0.2) is 85.7 Å². The van der Waals surface area contributed by atoms with Gasteiger partial charge in [0.2, 0.25) is 6.29 Å². The summed E-state index contributed by atoms with van der Waals surface area (Å²) in [5, 5.41) is 10.7. The lowest BCUT2D eigenvalue weighted by atomic mass is 9.98. The van der Waals surface area contributed by atoms with Crippen molar-refractivity contribution in [2.75, 3.05) is 18.8 Å². The summed E-state index contributed by atoms with van der Waals surface area (Å²) in [6.45, 7) is 3.81. The Balaban J connectivity index is 1.98. The minimum atomic E-state index is -1.85. The molecule has 3 rings (SSSR count). The quantitative estimate of drug-likeness (QED) is 0.268. The first-order valence-corrected chi connectivity index (χ1v) is 11.2. The SMILES string of the molecule is COc1ccc2c(c1)O[C@H](O[C@@H]1O[C@H](COC(C)=O)[C@@H](OC(C)=O)[C@H](OC(C)=O)[C@H]1OC(C)=O)C(=O)N2O. The molecule has 0 radical (unpaired) electrons. The maximum atomic E-state index is 12.8. The molecule has 2 heterocycles. The highest BCUT2D eigenvalue weighted by atomic mass is 16.8. The maximum Gasteiger partial charge on any atom is 0.320 e. The van der Waals surface area contributed by atoms with Crippen LogP contribution in [0.5, 0.6) is 11.5 Å². The van der Waals surface area contributed by atoms with Crippen LogP contribution >= 0.6 is 0 Å².